The molecule has 1 nitrogen and oxygen atoms in total. The summed E-state index contributed by atoms with van der Waals surface area (Å²) in [6.45, 7) is 3.61. The van der Waals surface area contributed by atoms with Crippen molar-refractivity contribution < 1.29 is 13.9 Å². The van der Waals surface area contributed by atoms with Crippen molar-refractivity contribution >= 4 is 0 Å². The lowest BCUT2D eigenvalue weighted by Crippen LogP contribution is -2.10. The van der Waals surface area contributed by atoms with Gasteiger partial charge in [0.1, 0.15) is 0 Å². The first-order chi connectivity index (χ1) is 7.00. The van der Waals surface area contributed by atoms with Gasteiger partial charge in [-0.3, -0.25) is 0 Å². The first-order valence-corrected chi connectivity index (χ1v) is 5.11. The molecule has 0 amide bonds. The molecule has 0 fully saturated rings. The average molecular weight is 214 g/mol. The highest BCUT2D eigenvalue weighted by Gasteiger charge is 2.12. The van der Waals surface area contributed by atoms with Crippen molar-refractivity contribution in [3.63, 3.8) is 0 Å². The fraction of sp³-hybridized carbons (Fsp3) is 0.500. The van der Waals surface area contributed by atoms with Gasteiger partial charge < -0.3 is 5.11 Å². The Kier molecular flexibility index (Phi) is 4.21. The van der Waals surface area contributed by atoms with Crippen molar-refractivity contribution in [3.8, 4) is 0 Å². The Bertz CT molecular complexity index is 323. The number of hydrogen-bond acceptors (Lipinski definition) is 1. The van der Waals surface area contributed by atoms with Crippen molar-refractivity contribution in [2.45, 2.75) is 32.8 Å². The molecule has 15 heavy (non-hydrogen) atoms. The third-order valence-corrected chi connectivity index (χ3v) is 2.34. The summed E-state index contributed by atoms with van der Waals surface area (Å²) in [4.78, 5) is 0. The van der Waals surface area contributed by atoms with E-state index in [1.54, 1.807) is 13.0 Å². The van der Waals surface area contributed by atoms with Crippen LogP contribution in [0.25, 0.3) is 0 Å². The van der Waals surface area contributed by atoms with Crippen LogP contribution in [0.2, 0.25) is 0 Å². The zero-order valence-electron chi connectivity index (χ0n) is 9.00. The van der Waals surface area contributed by atoms with Gasteiger partial charge in [0.05, 0.1) is 6.10 Å². The van der Waals surface area contributed by atoms with Gasteiger partial charge in [-0.15, -0.1) is 0 Å². The number of halogens is 2. The van der Waals surface area contributed by atoms with E-state index < -0.39 is 17.7 Å². The fourth-order valence-electron chi connectivity index (χ4n) is 1.75. The van der Waals surface area contributed by atoms with Crippen molar-refractivity contribution in [3.05, 3.63) is 35.4 Å². The number of aliphatic hydroxyl groups excluding tert-OH is 1. The van der Waals surface area contributed by atoms with E-state index in [2.05, 4.69) is 0 Å². The number of benzene rings is 1. The third kappa shape index (κ3) is 3.59. The molecule has 84 valence electrons. The van der Waals surface area contributed by atoms with Crippen LogP contribution in [0.1, 0.15) is 25.8 Å². The molecule has 3 heteroatoms. The molecule has 1 aromatic carbocycles. The number of rotatable bonds is 4. The van der Waals surface area contributed by atoms with Crippen LogP contribution in [-0.2, 0) is 6.42 Å². The second-order valence-corrected chi connectivity index (χ2v) is 4.11. The summed E-state index contributed by atoms with van der Waals surface area (Å²) < 4.78 is 26.1. The molecule has 0 aliphatic rings. The minimum Gasteiger partial charge on any atom is -0.393 e. The Morgan fingerprint density at radius 1 is 1.27 bits per heavy atom. The topological polar surface area (TPSA) is 20.2 Å². The highest BCUT2D eigenvalue weighted by molar-refractivity contribution is 5.19. The Morgan fingerprint density at radius 3 is 2.53 bits per heavy atom. The van der Waals surface area contributed by atoms with Crippen molar-refractivity contribution in [2.24, 2.45) is 5.92 Å². The summed E-state index contributed by atoms with van der Waals surface area (Å²) in [5, 5.41) is 9.16. The lowest BCUT2D eigenvalue weighted by Gasteiger charge is -2.13. The predicted molar refractivity (Wildman–Crippen MR) is 55.5 cm³/mol. The van der Waals surface area contributed by atoms with Crippen LogP contribution in [-0.4, -0.2) is 11.2 Å². The van der Waals surface area contributed by atoms with Crippen molar-refractivity contribution in [1.82, 2.24) is 0 Å². The molecule has 0 saturated carbocycles. The molecule has 0 spiro atoms. The standard InChI is InChI=1S/C12H16F2O/c1-8(6-9(2)15)7-10-4-3-5-11(13)12(10)14/h3-5,8-9,15H,6-7H2,1-2H3. The molecule has 0 heterocycles. The van der Waals surface area contributed by atoms with Crippen LogP contribution in [0.4, 0.5) is 8.78 Å². The average Bonchev–Trinajstić information content (AvgIpc) is 2.11. The van der Waals surface area contributed by atoms with Gasteiger partial charge in [0, 0.05) is 0 Å². The summed E-state index contributed by atoms with van der Waals surface area (Å²) in [6, 6.07) is 4.19. The maximum atomic E-state index is 13.3. The van der Waals surface area contributed by atoms with Crippen LogP contribution in [0.15, 0.2) is 18.2 Å². The first kappa shape index (κ1) is 12.1. The highest BCUT2D eigenvalue weighted by atomic mass is 19.2. The second kappa shape index (κ2) is 5.21. The van der Waals surface area contributed by atoms with Crippen LogP contribution in [0.5, 0.6) is 0 Å². The maximum Gasteiger partial charge on any atom is 0.162 e. The van der Waals surface area contributed by atoms with Gasteiger partial charge in [-0.05, 0) is 37.3 Å². The van der Waals surface area contributed by atoms with E-state index in [1.807, 2.05) is 6.92 Å². The summed E-state index contributed by atoms with van der Waals surface area (Å²) in [6.07, 6.45) is 0.640. The van der Waals surface area contributed by atoms with E-state index in [1.165, 1.54) is 6.07 Å². The Labute approximate surface area is 88.7 Å². The molecular formula is C12H16F2O. The lowest BCUT2D eigenvalue weighted by atomic mass is 9.95. The molecule has 1 aromatic rings. The predicted octanol–water partition coefficient (Wildman–Crippen LogP) is 2.91. The monoisotopic (exact) mass is 214 g/mol. The van der Waals surface area contributed by atoms with Crippen molar-refractivity contribution in [1.29, 1.82) is 0 Å². The van der Waals surface area contributed by atoms with Crippen LogP contribution < -0.4 is 0 Å². The van der Waals surface area contributed by atoms with Crippen LogP contribution in [0, 0.1) is 17.6 Å². The van der Waals surface area contributed by atoms with E-state index in [4.69, 9.17) is 5.11 Å². The van der Waals surface area contributed by atoms with Crippen LogP contribution >= 0.6 is 0 Å². The normalized spacial score (nSPS) is 15.0. The Balaban J connectivity index is 2.68. The van der Waals surface area contributed by atoms with Gasteiger partial charge >= 0.3 is 0 Å². The SMILES string of the molecule is CC(O)CC(C)Cc1cccc(F)c1F. The molecule has 0 aliphatic carbocycles. The van der Waals surface area contributed by atoms with Crippen molar-refractivity contribution in [2.75, 3.05) is 0 Å². The summed E-state index contributed by atoms with van der Waals surface area (Å²) in [7, 11) is 0. The second-order valence-electron chi connectivity index (χ2n) is 4.11. The molecule has 1 N–H and O–H groups in total. The van der Waals surface area contributed by atoms with E-state index in [9.17, 15) is 8.78 Å². The minimum atomic E-state index is -0.809. The molecule has 0 bridgehead atoms. The smallest absolute Gasteiger partial charge is 0.162 e. The first-order valence-electron chi connectivity index (χ1n) is 5.11. The molecule has 0 saturated heterocycles. The van der Waals surface area contributed by atoms with E-state index in [-0.39, 0.29) is 5.92 Å². The van der Waals surface area contributed by atoms with Gasteiger partial charge in [-0.2, -0.15) is 0 Å². The molecular weight excluding hydrogens is 198 g/mol. The van der Waals surface area contributed by atoms with Gasteiger partial charge in [0.25, 0.3) is 0 Å². The fourth-order valence-corrected chi connectivity index (χ4v) is 1.75. The molecule has 0 radical (unpaired) electrons. The van der Waals surface area contributed by atoms with Gasteiger partial charge in [0.2, 0.25) is 0 Å². The molecule has 1 rings (SSSR count). The number of hydrogen-bond donors (Lipinski definition) is 1. The summed E-state index contributed by atoms with van der Waals surface area (Å²) >= 11 is 0. The van der Waals surface area contributed by atoms with E-state index >= 15 is 0 Å². The van der Waals surface area contributed by atoms with E-state index in [0.29, 0.717) is 18.4 Å². The quantitative estimate of drug-likeness (QED) is 0.817. The van der Waals surface area contributed by atoms with E-state index in [0.717, 1.165) is 6.07 Å². The third-order valence-electron chi connectivity index (χ3n) is 2.34. The highest BCUT2D eigenvalue weighted by Crippen LogP contribution is 2.18. The zero-order valence-corrected chi connectivity index (χ0v) is 9.00. The lowest BCUT2D eigenvalue weighted by molar-refractivity contribution is 0.164. The van der Waals surface area contributed by atoms with Gasteiger partial charge in [0.15, 0.2) is 11.6 Å². The Hall–Kier alpha value is -0.960. The molecule has 2 unspecified atom stereocenters. The zero-order chi connectivity index (χ0) is 11.4. The Morgan fingerprint density at radius 2 is 1.93 bits per heavy atom. The molecule has 0 aliphatic heterocycles. The summed E-state index contributed by atoms with van der Waals surface area (Å²) in [5.41, 5.74) is 0.378. The minimum absolute atomic E-state index is 0.140. The largest absolute Gasteiger partial charge is 0.393 e. The molecule has 2 atom stereocenters. The van der Waals surface area contributed by atoms with Crippen LogP contribution in [0.3, 0.4) is 0 Å². The van der Waals surface area contributed by atoms with Gasteiger partial charge in [-0.1, -0.05) is 19.1 Å². The summed E-state index contributed by atoms with van der Waals surface area (Å²) in [5.74, 6) is -1.44. The molecule has 0 aromatic heterocycles. The number of aliphatic hydroxyl groups is 1. The van der Waals surface area contributed by atoms with Gasteiger partial charge in [-0.25, -0.2) is 8.78 Å². The maximum absolute atomic E-state index is 13.3.